The summed E-state index contributed by atoms with van der Waals surface area (Å²) in [6.45, 7) is 0. The largest absolute Gasteiger partial charge is 0.493 e. The molecule has 134 valence electrons. The number of methoxy groups -OCH3 is 3. The second kappa shape index (κ2) is 7.78. The number of benzene rings is 3. The lowest BCUT2D eigenvalue weighted by molar-refractivity contribution is -0.115. The van der Waals surface area contributed by atoms with Gasteiger partial charge in [-0.1, -0.05) is 30.3 Å². The second-order valence-corrected chi connectivity index (χ2v) is 5.82. The quantitative estimate of drug-likeness (QED) is 0.728. The molecule has 0 saturated carbocycles. The van der Waals surface area contributed by atoms with Crippen LogP contribution < -0.4 is 19.5 Å². The first-order chi connectivity index (χ1) is 12.6. The summed E-state index contributed by atoms with van der Waals surface area (Å²) in [5.74, 6) is 1.45. The van der Waals surface area contributed by atoms with Gasteiger partial charge in [-0.25, -0.2) is 0 Å². The Labute approximate surface area is 152 Å². The third-order valence-corrected chi connectivity index (χ3v) is 4.12. The predicted molar refractivity (Wildman–Crippen MR) is 102 cm³/mol. The van der Waals surface area contributed by atoms with Crippen molar-refractivity contribution in [3.05, 3.63) is 60.2 Å². The average Bonchev–Trinajstić information content (AvgIpc) is 2.66. The van der Waals surface area contributed by atoms with Gasteiger partial charge >= 0.3 is 0 Å². The topological polar surface area (TPSA) is 56.8 Å². The molecule has 5 nitrogen and oxygen atoms in total. The van der Waals surface area contributed by atoms with E-state index in [2.05, 4.69) is 5.32 Å². The van der Waals surface area contributed by atoms with Crippen molar-refractivity contribution in [1.82, 2.24) is 0 Å². The van der Waals surface area contributed by atoms with Crippen molar-refractivity contribution < 1.29 is 19.0 Å². The molecule has 0 atom stereocenters. The standard InChI is InChI=1S/C21H21NO4/c1-24-18-10-14(11-19(25-2)21(18)26-3)12-20(23)22-17-9-8-15-6-4-5-7-16(15)13-17/h4-11,13H,12H2,1-3H3,(H,22,23). The lowest BCUT2D eigenvalue weighted by Gasteiger charge is -2.14. The van der Waals surface area contributed by atoms with Crippen LogP contribution in [0.4, 0.5) is 5.69 Å². The van der Waals surface area contributed by atoms with Gasteiger partial charge in [0.2, 0.25) is 11.7 Å². The number of carbonyl (C=O) groups excluding carboxylic acids is 1. The maximum absolute atomic E-state index is 12.4. The molecule has 0 aliphatic heterocycles. The van der Waals surface area contributed by atoms with Gasteiger partial charge < -0.3 is 19.5 Å². The van der Waals surface area contributed by atoms with E-state index in [1.165, 1.54) is 0 Å². The Balaban J connectivity index is 1.78. The summed E-state index contributed by atoms with van der Waals surface area (Å²) in [5.41, 5.74) is 1.54. The molecule has 3 aromatic carbocycles. The van der Waals surface area contributed by atoms with Crippen LogP contribution in [-0.4, -0.2) is 27.2 Å². The van der Waals surface area contributed by atoms with Gasteiger partial charge in [0.15, 0.2) is 11.5 Å². The van der Waals surface area contributed by atoms with E-state index in [-0.39, 0.29) is 12.3 Å². The van der Waals surface area contributed by atoms with Crippen LogP contribution in [0.3, 0.4) is 0 Å². The van der Waals surface area contributed by atoms with Crippen molar-refractivity contribution in [3.63, 3.8) is 0 Å². The zero-order valence-corrected chi connectivity index (χ0v) is 15.0. The number of ether oxygens (including phenoxy) is 3. The third kappa shape index (κ3) is 3.72. The Hall–Kier alpha value is -3.21. The van der Waals surface area contributed by atoms with Crippen LogP contribution in [0.5, 0.6) is 17.2 Å². The molecule has 0 unspecified atom stereocenters. The van der Waals surface area contributed by atoms with Gasteiger partial charge in [-0.3, -0.25) is 4.79 Å². The predicted octanol–water partition coefficient (Wildman–Crippen LogP) is 4.05. The molecular weight excluding hydrogens is 330 g/mol. The van der Waals surface area contributed by atoms with Crippen molar-refractivity contribution in [3.8, 4) is 17.2 Å². The number of hydrogen-bond acceptors (Lipinski definition) is 4. The molecule has 3 aromatic rings. The molecule has 1 N–H and O–H groups in total. The molecule has 5 heteroatoms. The fraction of sp³-hybridized carbons (Fsp3) is 0.190. The highest BCUT2D eigenvalue weighted by Gasteiger charge is 2.15. The number of rotatable bonds is 6. The Morgan fingerprint density at radius 2 is 1.50 bits per heavy atom. The van der Waals surface area contributed by atoms with Gasteiger partial charge in [-0.2, -0.15) is 0 Å². The van der Waals surface area contributed by atoms with E-state index in [1.54, 1.807) is 33.5 Å². The summed E-state index contributed by atoms with van der Waals surface area (Å²) in [5, 5.41) is 5.15. The summed E-state index contributed by atoms with van der Waals surface area (Å²) in [6.07, 6.45) is 0.198. The van der Waals surface area contributed by atoms with Crippen LogP contribution in [0.15, 0.2) is 54.6 Å². The minimum Gasteiger partial charge on any atom is -0.493 e. The Morgan fingerprint density at radius 3 is 2.12 bits per heavy atom. The van der Waals surface area contributed by atoms with E-state index in [0.29, 0.717) is 17.2 Å². The molecule has 0 spiro atoms. The van der Waals surface area contributed by atoms with Gasteiger partial charge in [0, 0.05) is 5.69 Å². The molecule has 1 amide bonds. The molecule has 26 heavy (non-hydrogen) atoms. The van der Waals surface area contributed by atoms with Crippen LogP contribution in [0.2, 0.25) is 0 Å². The summed E-state index contributed by atoms with van der Waals surface area (Å²) >= 11 is 0. The summed E-state index contributed by atoms with van der Waals surface area (Å²) in [4.78, 5) is 12.4. The monoisotopic (exact) mass is 351 g/mol. The molecule has 3 rings (SSSR count). The Bertz CT molecular complexity index is 911. The third-order valence-electron chi connectivity index (χ3n) is 4.12. The van der Waals surface area contributed by atoms with E-state index in [9.17, 15) is 4.79 Å². The van der Waals surface area contributed by atoms with E-state index < -0.39 is 0 Å². The van der Waals surface area contributed by atoms with Gasteiger partial charge in [-0.05, 0) is 40.6 Å². The highest BCUT2D eigenvalue weighted by Crippen LogP contribution is 2.38. The highest BCUT2D eigenvalue weighted by molar-refractivity contribution is 5.95. The van der Waals surface area contributed by atoms with Crippen molar-refractivity contribution in [1.29, 1.82) is 0 Å². The summed E-state index contributed by atoms with van der Waals surface area (Å²) in [7, 11) is 4.65. The minimum absolute atomic E-state index is 0.116. The number of carbonyl (C=O) groups is 1. The molecule has 0 radical (unpaired) electrons. The zero-order chi connectivity index (χ0) is 18.5. The minimum atomic E-state index is -0.116. The molecule has 0 fully saturated rings. The van der Waals surface area contributed by atoms with Crippen molar-refractivity contribution >= 4 is 22.4 Å². The lowest BCUT2D eigenvalue weighted by Crippen LogP contribution is -2.14. The maximum Gasteiger partial charge on any atom is 0.228 e. The molecule has 0 aromatic heterocycles. The number of fused-ring (bicyclic) bond motifs is 1. The van der Waals surface area contributed by atoms with Crippen molar-refractivity contribution in [2.45, 2.75) is 6.42 Å². The molecule has 0 aliphatic rings. The van der Waals surface area contributed by atoms with Crippen LogP contribution in [0.25, 0.3) is 10.8 Å². The Morgan fingerprint density at radius 1 is 0.846 bits per heavy atom. The first-order valence-electron chi connectivity index (χ1n) is 8.22. The normalized spacial score (nSPS) is 10.4. The van der Waals surface area contributed by atoms with Gasteiger partial charge in [0.05, 0.1) is 27.8 Å². The SMILES string of the molecule is COc1cc(CC(=O)Nc2ccc3ccccc3c2)cc(OC)c1OC. The van der Waals surface area contributed by atoms with Gasteiger partial charge in [0.25, 0.3) is 0 Å². The zero-order valence-electron chi connectivity index (χ0n) is 15.0. The second-order valence-electron chi connectivity index (χ2n) is 5.82. The van der Waals surface area contributed by atoms with E-state index in [0.717, 1.165) is 22.0 Å². The molecule has 0 heterocycles. The first kappa shape index (κ1) is 17.6. The fourth-order valence-corrected chi connectivity index (χ4v) is 2.90. The van der Waals surface area contributed by atoms with Crippen molar-refractivity contribution in [2.75, 3.05) is 26.6 Å². The summed E-state index contributed by atoms with van der Waals surface area (Å²) < 4.78 is 16.0. The number of amides is 1. The lowest BCUT2D eigenvalue weighted by atomic mass is 10.1. The molecule has 0 saturated heterocycles. The summed E-state index contributed by atoms with van der Waals surface area (Å²) in [6, 6.07) is 17.4. The van der Waals surface area contributed by atoms with Crippen LogP contribution in [0.1, 0.15) is 5.56 Å². The number of hydrogen-bond donors (Lipinski definition) is 1. The van der Waals surface area contributed by atoms with Crippen LogP contribution in [-0.2, 0) is 11.2 Å². The maximum atomic E-state index is 12.4. The van der Waals surface area contributed by atoms with E-state index in [4.69, 9.17) is 14.2 Å². The van der Waals surface area contributed by atoms with Gasteiger partial charge in [0.1, 0.15) is 0 Å². The first-order valence-corrected chi connectivity index (χ1v) is 8.22. The Kier molecular flexibility index (Phi) is 5.27. The molecular formula is C21H21NO4. The van der Waals surface area contributed by atoms with Crippen molar-refractivity contribution in [2.24, 2.45) is 0 Å². The van der Waals surface area contributed by atoms with E-state index in [1.807, 2.05) is 42.5 Å². The van der Waals surface area contributed by atoms with E-state index >= 15 is 0 Å². The smallest absolute Gasteiger partial charge is 0.228 e. The average molecular weight is 351 g/mol. The van der Waals surface area contributed by atoms with Crippen LogP contribution >= 0.6 is 0 Å². The number of nitrogens with one attached hydrogen (secondary N) is 1. The molecule has 0 aliphatic carbocycles. The van der Waals surface area contributed by atoms with Crippen LogP contribution in [0, 0.1) is 0 Å². The number of anilines is 1. The highest BCUT2D eigenvalue weighted by atomic mass is 16.5. The molecule has 0 bridgehead atoms. The van der Waals surface area contributed by atoms with Gasteiger partial charge in [-0.15, -0.1) is 0 Å². The fourth-order valence-electron chi connectivity index (χ4n) is 2.90.